The topological polar surface area (TPSA) is 72.8 Å². The highest BCUT2D eigenvalue weighted by Gasteiger charge is 2.48. The van der Waals surface area contributed by atoms with Crippen molar-refractivity contribution in [3.8, 4) is 11.5 Å². The summed E-state index contributed by atoms with van der Waals surface area (Å²) in [5.74, 6) is 1.61. The van der Waals surface area contributed by atoms with E-state index in [1.807, 2.05) is 47.2 Å². The Labute approximate surface area is 202 Å². The van der Waals surface area contributed by atoms with Crippen molar-refractivity contribution in [1.29, 1.82) is 0 Å². The van der Waals surface area contributed by atoms with E-state index in [-0.39, 0.29) is 24.6 Å². The Hall–Kier alpha value is -3.00. The lowest BCUT2D eigenvalue weighted by atomic mass is 9.85. The predicted octanol–water partition coefficient (Wildman–Crippen LogP) is 4.54. The first-order valence-corrected chi connectivity index (χ1v) is 12.9. The highest BCUT2D eigenvalue weighted by Crippen LogP contribution is 2.38. The molecule has 2 amide bonds. The van der Waals surface area contributed by atoms with Crippen LogP contribution in [0.15, 0.2) is 35.7 Å². The Kier molecular flexibility index (Phi) is 5.09. The van der Waals surface area contributed by atoms with Crippen LogP contribution in [0, 0.1) is 5.92 Å². The van der Waals surface area contributed by atoms with Crippen molar-refractivity contribution in [1.82, 2.24) is 14.8 Å². The maximum atomic E-state index is 13.9. The minimum absolute atomic E-state index is 0.0805. The molecule has 3 aromatic rings. The van der Waals surface area contributed by atoms with Crippen molar-refractivity contribution in [2.75, 3.05) is 6.79 Å². The number of carbonyl (C=O) groups is 2. The number of hydrogen-bond acceptors (Lipinski definition) is 5. The molecule has 4 heterocycles. The molecule has 6 rings (SSSR count). The Bertz CT molecular complexity index is 1280. The number of aromatic nitrogens is 1. The van der Waals surface area contributed by atoms with Gasteiger partial charge in [0.15, 0.2) is 11.5 Å². The molecule has 3 aliphatic rings. The van der Waals surface area contributed by atoms with Crippen LogP contribution >= 0.6 is 11.3 Å². The van der Waals surface area contributed by atoms with Gasteiger partial charge in [-0.3, -0.25) is 9.59 Å². The molecule has 1 aromatic carbocycles. The number of carbonyl (C=O) groups excluding carboxylic acids is 2. The quantitative estimate of drug-likeness (QED) is 0.596. The van der Waals surface area contributed by atoms with E-state index in [0.29, 0.717) is 36.2 Å². The van der Waals surface area contributed by atoms with Gasteiger partial charge in [-0.15, -0.1) is 11.3 Å². The largest absolute Gasteiger partial charge is 0.454 e. The summed E-state index contributed by atoms with van der Waals surface area (Å²) in [5.41, 5.74) is 1.54. The van der Waals surface area contributed by atoms with Gasteiger partial charge in [0.05, 0.1) is 16.8 Å². The van der Waals surface area contributed by atoms with Crippen LogP contribution in [0.2, 0.25) is 0 Å². The van der Waals surface area contributed by atoms with E-state index in [9.17, 15) is 9.59 Å². The van der Waals surface area contributed by atoms with Crippen LogP contribution in [0.25, 0.3) is 10.2 Å². The SMILES string of the molecule is C[C@@H]1CCCC[C@H]1NC(=O)[C@]1(C)Cn2c(cc3sccc32)C(=O)N1Cc1ccc2c(c1)OCO2. The van der Waals surface area contributed by atoms with Gasteiger partial charge < -0.3 is 24.3 Å². The number of fused-ring (bicyclic) bond motifs is 4. The third-order valence-electron chi connectivity index (χ3n) is 7.74. The summed E-state index contributed by atoms with van der Waals surface area (Å²) in [6.07, 6.45) is 4.45. The zero-order valence-electron chi connectivity index (χ0n) is 19.5. The number of nitrogens with zero attached hydrogens (tertiary/aromatic N) is 2. The standard InChI is InChI=1S/C26H29N3O4S/c1-16-5-3-4-6-18(16)27-25(31)26(2)14-28-19-9-10-34-23(19)12-20(28)24(30)29(26)13-17-7-8-21-22(11-17)33-15-32-21/h7-12,16,18H,3-6,13-15H2,1-2H3,(H,27,31)/t16-,18-,26+/m1/s1. The monoisotopic (exact) mass is 479 g/mol. The van der Waals surface area contributed by atoms with Crippen LogP contribution in [0.5, 0.6) is 11.5 Å². The van der Waals surface area contributed by atoms with Crippen LogP contribution in [0.4, 0.5) is 0 Å². The minimum Gasteiger partial charge on any atom is -0.454 e. The van der Waals surface area contributed by atoms with Crippen molar-refractivity contribution >= 4 is 33.4 Å². The Morgan fingerprint density at radius 1 is 1.18 bits per heavy atom. The molecule has 0 saturated heterocycles. The summed E-state index contributed by atoms with van der Waals surface area (Å²) < 4.78 is 14.1. The molecule has 34 heavy (non-hydrogen) atoms. The van der Waals surface area contributed by atoms with E-state index >= 15 is 0 Å². The second-order valence-corrected chi connectivity index (χ2v) is 10.9. The second kappa shape index (κ2) is 8.05. The van der Waals surface area contributed by atoms with E-state index < -0.39 is 5.54 Å². The number of ether oxygens (including phenoxy) is 2. The molecular weight excluding hydrogens is 450 g/mol. The minimum atomic E-state index is -1.02. The van der Waals surface area contributed by atoms with Crippen LogP contribution in [0.1, 0.15) is 55.6 Å². The summed E-state index contributed by atoms with van der Waals surface area (Å²) in [6, 6.07) is 9.85. The van der Waals surface area contributed by atoms with Crippen molar-refractivity contribution in [2.45, 2.75) is 64.2 Å². The highest BCUT2D eigenvalue weighted by molar-refractivity contribution is 7.17. The summed E-state index contributed by atoms with van der Waals surface area (Å²) >= 11 is 1.62. The molecular formula is C26H29N3O4S. The number of amides is 2. The molecule has 8 heteroatoms. The molecule has 1 fully saturated rings. The Morgan fingerprint density at radius 3 is 2.85 bits per heavy atom. The van der Waals surface area contributed by atoms with Crippen molar-refractivity contribution < 1.29 is 19.1 Å². The molecule has 1 aliphatic carbocycles. The zero-order valence-corrected chi connectivity index (χ0v) is 20.3. The first-order chi connectivity index (χ1) is 16.4. The first kappa shape index (κ1) is 21.5. The fourth-order valence-corrected chi connectivity index (χ4v) is 6.42. The van der Waals surface area contributed by atoms with Gasteiger partial charge in [0.25, 0.3) is 5.91 Å². The molecule has 1 saturated carbocycles. The zero-order chi connectivity index (χ0) is 23.4. The number of hydrogen-bond donors (Lipinski definition) is 1. The van der Waals surface area contributed by atoms with Gasteiger partial charge >= 0.3 is 0 Å². The predicted molar refractivity (Wildman–Crippen MR) is 130 cm³/mol. The highest BCUT2D eigenvalue weighted by atomic mass is 32.1. The molecule has 7 nitrogen and oxygen atoms in total. The molecule has 1 N–H and O–H groups in total. The van der Waals surface area contributed by atoms with Gasteiger partial charge in [0.1, 0.15) is 11.2 Å². The summed E-state index contributed by atoms with van der Waals surface area (Å²) in [6.45, 7) is 5.05. The van der Waals surface area contributed by atoms with Gasteiger partial charge in [-0.1, -0.05) is 25.8 Å². The van der Waals surface area contributed by atoms with Crippen LogP contribution in [0.3, 0.4) is 0 Å². The third-order valence-corrected chi connectivity index (χ3v) is 8.60. The van der Waals surface area contributed by atoms with Gasteiger partial charge in [0.2, 0.25) is 12.7 Å². The maximum Gasteiger partial charge on any atom is 0.271 e. The number of nitrogens with one attached hydrogen (secondary N) is 1. The second-order valence-electron chi connectivity index (χ2n) is 9.98. The Balaban J connectivity index is 1.37. The summed E-state index contributed by atoms with van der Waals surface area (Å²) in [7, 11) is 0. The lowest BCUT2D eigenvalue weighted by molar-refractivity contribution is -0.134. The van der Waals surface area contributed by atoms with E-state index in [2.05, 4.69) is 12.2 Å². The fraction of sp³-hybridized carbons (Fsp3) is 0.462. The molecule has 3 atom stereocenters. The number of benzene rings is 1. The van der Waals surface area contributed by atoms with Crippen LogP contribution in [-0.2, 0) is 17.9 Å². The molecule has 178 valence electrons. The lowest BCUT2D eigenvalue weighted by Gasteiger charge is -2.45. The van der Waals surface area contributed by atoms with Gasteiger partial charge in [-0.25, -0.2) is 0 Å². The molecule has 0 radical (unpaired) electrons. The number of rotatable bonds is 4. The maximum absolute atomic E-state index is 13.9. The average molecular weight is 480 g/mol. The van der Waals surface area contributed by atoms with Gasteiger partial charge in [-0.2, -0.15) is 0 Å². The van der Waals surface area contributed by atoms with Crippen molar-refractivity contribution in [3.63, 3.8) is 0 Å². The van der Waals surface area contributed by atoms with Crippen molar-refractivity contribution in [3.05, 3.63) is 47.0 Å². The molecule has 0 unspecified atom stereocenters. The average Bonchev–Trinajstić information content (AvgIpc) is 3.55. The van der Waals surface area contributed by atoms with Gasteiger partial charge in [-0.05, 0) is 60.9 Å². The normalized spacial score (nSPS) is 26.1. The summed E-state index contributed by atoms with van der Waals surface area (Å²) in [4.78, 5) is 29.5. The number of thiophene rings is 1. The van der Waals surface area contributed by atoms with Gasteiger partial charge in [0, 0.05) is 12.6 Å². The fourth-order valence-electron chi connectivity index (χ4n) is 5.60. The third kappa shape index (κ3) is 3.38. The van der Waals surface area contributed by atoms with Crippen molar-refractivity contribution in [2.24, 2.45) is 5.92 Å². The molecule has 2 aliphatic heterocycles. The van der Waals surface area contributed by atoms with E-state index in [1.54, 1.807) is 16.2 Å². The van der Waals surface area contributed by atoms with E-state index in [0.717, 1.165) is 35.0 Å². The van der Waals surface area contributed by atoms with Crippen LogP contribution in [-0.4, -0.2) is 39.7 Å². The smallest absolute Gasteiger partial charge is 0.271 e. The molecule has 0 bridgehead atoms. The molecule has 0 spiro atoms. The Morgan fingerprint density at radius 2 is 2.00 bits per heavy atom. The van der Waals surface area contributed by atoms with Crippen LogP contribution < -0.4 is 14.8 Å². The van der Waals surface area contributed by atoms with E-state index in [1.165, 1.54) is 6.42 Å². The summed E-state index contributed by atoms with van der Waals surface area (Å²) in [5, 5.41) is 5.36. The lowest BCUT2D eigenvalue weighted by Crippen LogP contribution is -2.65. The first-order valence-electron chi connectivity index (χ1n) is 12.0. The molecule has 2 aromatic heterocycles. The van der Waals surface area contributed by atoms with E-state index in [4.69, 9.17) is 9.47 Å².